The van der Waals surface area contributed by atoms with E-state index >= 15 is 0 Å². The van der Waals surface area contributed by atoms with Crippen molar-refractivity contribution in [2.75, 3.05) is 6.61 Å². The highest BCUT2D eigenvalue weighted by Crippen LogP contribution is 2.34. The molecular formula is C16H23NOS. The zero-order valence-corrected chi connectivity index (χ0v) is 12.9. The molecule has 0 saturated heterocycles. The third-order valence-corrected chi connectivity index (χ3v) is 5.19. The highest BCUT2D eigenvalue weighted by Gasteiger charge is 2.19. The third-order valence-electron chi connectivity index (χ3n) is 3.74. The molecule has 0 aliphatic carbocycles. The number of hydrogen-bond acceptors (Lipinski definition) is 3. The quantitative estimate of drug-likeness (QED) is 0.869. The van der Waals surface area contributed by atoms with Gasteiger partial charge in [-0.05, 0) is 36.8 Å². The van der Waals surface area contributed by atoms with E-state index in [1.165, 1.54) is 20.5 Å². The normalized spacial score (nSPS) is 15.1. The first-order chi connectivity index (χ1) is 9.04. The largest absolute Gasteiger partial charge is 0.395 e. The SMILES string of the molecule is Cc1c(C(C)NC(CO)C(C)C)sc2ccccc12. The number of aryl methyl sites for hydroxylation is 1. The lowest BCUT2D eigenvalue weighted by molar-refractivity contribution is 0.202. The molecule has 0 saturated carbocycles. The first-order valence-electron chi connectivity index (χ1n) is 6.89. The Bertz CT molecular complexity index is 547. The zero-order chi connectivity index (χ0) is 14.0. The Kier molecular flexibility index (Phi) is 4.61. The van der Waals surface area contributed by atoms with Gasteiger partial charge in [0.2, 0.25) is 0 Å². The molecule has 0 fully saturated rings. The summed E-state index contributed by atoms with van der Waals surface area (Å²) >= 11 is 1.85. The summed E-state index contributed by atoms with van der Waals surface area (Å²) in [5.41, 5.74) is 1.36. The molecule has 2 atom stereocenters. The van der Waals surface area contributed by atoms with Crippen LogP contribution in [0.3, 0.4) is 0 Å². The topological polar surface area (TPSA) is 32.3 Å². The Balaban J connectivity index is 2.26. The molecule has 0 spiro atoms. The van der Waals surface area contributed by atoms with E-state index in [1.807, 2.05) is 11.3 Å². The van der Waals surface area contributed by atoms with Crippen LogP contribution in [0.15, 0.2) is 24.3 Å². The Morgan fingerprint density at radius 1 is 1.21 bits per heavy atom. The average molecular weight is 277 g/mol. The van der Waals surface area contributed by atoms with E-state index in [9.17, 15) is 5.11 Å². The second-order valence-corrected chi connectivity index (χ2v) is 6.59. The van der Waals surface area contributed by atoms with Crippen LogP contribution < -0.4 is 5.32 Å². The lowest BCUT2D eigenvalue weighted by atomic mass is 10.0. The molecule has 3 heteroatoms. The molecule has 1 aromatic carbocycles. The molecule has 19 heavy (non-hydrogen) atoms. The fraction of sp³-hybridized carbons (Fsp3) is 0.500. The van der Waals surface area contributed by atoms with Crippen LogP contribution in [0.1, 0.15) is 37.3 Å². The van der Waals surface area contributed by atoms with Gasteiger partial charge in [-0.25, -0.2) is 0 Å². The van der Waals surface area contributed by atoms with Crippen molar-refractivity contribution in [3.05, 3.63) is 34.7 Å². The van der Waals surface area contributed by atoms with Crippen molar-refractivity contribution in [1.29, 1.82) is 0 Å². The van der Waals surface area contributed by atoms with E-state index in [4.69, 9.17) is 0 Å². The number of thiophene rings is 1. The van der Waals surface area contributed by atoms with Gasteiger partial charge in [0.05, 0.1) is 6.61 Å². The van der Waals surface area contributed by atoms with Gasteiger partial charge in [0.1, 0.15) is 0 Å². The molecule has 1 aromatic heterocycles. The van der Waals surface area contributed by atoms with Crippen LogP contribution in [-0.2, 0) is 0 Å². The third kappa shape index (κ3) is 2.99. The maximum Gasteiger partial charge on any atom is 0.0587 e. The summed E-state index contributed by atoms with van der Waals surface area (Å²) in [5.74, 6) is 0.433. The van der Waals surface area contributed by atoms with Crippen LogP contribution in [0.2, 0.25) is 0 Å². The predicted octanol–water partition coefficient (Wildman–Crippen LogP) is 3.88. The molecule has 2 N–H and O–H groups in total. The molecule has 2 rings (SSSR count). The Morgan fingerprint density at radius 2 is 1.89 bits per heavy atom. The van der Waals surface area contributed by atoms with Gasteiger partial charge in [-0.1, -0.05) is 32.0 Å². The van der Waals surface area contributed by atoms with Gasteiger partial charge in [-0.15, -0.1) is 11.3 Å². The molecule has 0 radical (unpaired) electrons. The monoisotopic (exact) mass is 277 g/mol. The van der Waals surface area contributed by atoms with Crippen LogP contribution in [0, 0.1) is 12.8 Å². The van der Waals surface area contributed by atoms with E-state index in [1.54, 1.807) is 0 Å². The first kappa shape index (κ1) is 14.5. The summed E-state index contributed by atoms with van der Waals surface area (Å²) in [6.45, 7) is 8.83. The van der Waals surface area contributed by atoms with Crippen molar-refractivity contribution < 1.29 is 5.11 Å². The van der Waals surface area contributed by atoms with Crippen molar-refractivity contribution in [2.45, 2.75) is 39.8 Å². The molecule has 0 bridgehead atoms. The number of fused-ring (bicyclic) bond motifs is 1. The van der Waals surface area contributed by atoms with Gasteiger partial charge in [-0.2, -0.15) is 0 Å². The summed E-state index contributed by atoms with van der Waals surface area (Å²) in [5, 5.41) is 14.3. The molecular weight excluding hydrogens is 254 g/mol. The number of nitrogens with one attached hydrogen (secondary N) is 1. The Hall–Kier alpha value is -0.900. The smallest absolute Gasteiger partial charge is 0.0587 e. The van der Waals surface area contributed by atoms with E-state index in [-0.39, 0.29) is 18.7 Å². The fourth-order valence-electron chi connectivity index (χ4n) is 2.46. The molecule has 0 aliphatic heterocycles. The summed E-state index contributed by atoms with van der Waals surface area (Å²) in [7, 11) is 0. The second kappa shape index (κ2) is 6.04. The highest BCUT2D eigenvalue weighted by atomic mass is 32.1. The summed E-state index contributed by atoms with van der Waals surface area (Å²) in [6, 6.07) is 8.97. The van der Waals surface area contributed by atoms with Gasteiger partial charge in [0.25, 0.3) is 0 Å². The van der Waals surface area contributed by atoms with Crippen molar-refractivity contribution in [3.8, 4) is 0 Å². The van der Waals surface area contributed by atoms with E-state index in [0.717, 1.165) is 0 Å². The van der Waals surface area contributed by atoms with E-state index in [0.29, 0.717) is 5.92 Å². The maximum absolute atomic E-state index is 9.44. The average Bonchev–Trinajstić information content (AvgIpc) is 2.73. The van der Waals surface area contributed by atoms with Crippen LogP contribution in [0.4, 0.5) is 0 Å². The number of aliphatic hydroxyl groups excluding tert-OH is 1. The van der Waals surface area contributed by atoms with E-state index < -0.39 is 0 Å². The van der Waals surface area contributed by atoms with Gasteiger partial charge < -0.3 is 10.4 Å². The summed E-state index contributed by atoms with van der Waals surface area (Å²) < 4.78 is 1.34. The minimum Gasteiger partial charge on any atom is -0.395 e. The molecule has 2 nitrogen and oxygen atoms in total. The Morgan fingerprint density at radius 3 is 2.47 bits per heavy atom. The molecule has 1 heterocycles. The first-order valence-corrected chi connectivity index (χ1v) is 7.71. The van der Waals surface area contributed by atoms with Crippen LogP contribution in [0.5, 0.6) is 0 Å². The lowest BCUT2D eigenvalue weighted by Gasteiger charge is -2.24. The van der Waals surface area contributed by atoms with E-state index in [2.05, 4.69) is 57.3 Å². The lowest BCUT2D eigenvalue weighted by Crippen LogP contribution is -2.38. The fourth-order valence-corrected chi connectivity index (χ4v) is 3.68. The van der Waals surface area contributed by atoms with Crippen LogP contribution in [-0.4, -0.2) is 17.8 Å². The minimum atomic E-state index is 0.152. The second-order valence-electron chi connectivity index (χ2n) is 5.51. The molecule has 0 amide bonds. The van der Waals surface area contributed by atoms with Crippen molar-refractivity contribution in [1.82, 2.24) is 5.32 Å². The van der Waals surface area contributed by atoms with Crippen molar-refractivity contribution in [2.24, 2.45) is 5.92 Å². The number of aliphatic hydroxyl groups is 1. The molecule has 2 aromatic rings. The maximum atomic E-state index is 9.44. The minimum absolute atomic E-state index is 0.152. The van der Waals surface area contributed by atoms with Crippen LogP contribution in [0.25, 0.3) is 10.1 Å². The molecule has 104 valence electrons. The number of hydrogen-bond donors (Lipinski definition) is 2. The standard InChI is InChI=1S/C16H23NOS/c1-10(2)14(9-18)17-12(4)16-11(3)13-7-5-6-8-15(13)19-16/h5-8,10,12,14,17-18H,9H2,1-4H3. The van der Waals surface area contributed by atoms with Crippen LogP contribution >= 0.6 is 11.3 Å². The van der Waals surface area contributed by atoms with Crippen molar-refractivity contribution in [3.63, 3.8) is 0 Å². The number of benzene rings is 1. The molecule has 2 unspecified atom stereocenters. The van der Waals surface area contributed by atoms with Gasteiger partial charge in [0, 0.05) is 21.7 Å². The van der Waals surface area contributed by atoms with Gasteiger partial charge >= 0.3 is 0 Å². The van der Waals surface area contributed by atoms with Crippen molar-refractivity contribution >= 4 is 21.4 Å². The highest BCUT2D eigenvalue weighted by molar-refractivity contribution is 7.19. The van der Waals surface area contributed by atoms with Gasteiger partial charge in [-0.3, -0.25) is 0 Å². The summed E-state index contributed by atoms with van der Waals surface area (Å²) in [4.78, 5) is 1.38. The predicted molar refractivity (Wildman–Crippen MR) is 83.8 cm³/mol. The van der Waals surface area contributed by atoms with Gasteiger partial charge in [0.15, 0.2) is 0 Å². The summed E-state index contributed by atoms with van der Waals surface area (Å²) in [6.07, 6.45) is 0. The molecule has 0 aliphatic rings. The number of rotatable bonds is 5. The Labute approximate surface area is 119 Å². The zero-order valence-electron chi connectivity index (χ0n) is 12.1.